The van der Waals surface area contributed by atoms with E-state index in [1.807, 2.05) is 18.2 Å². The van der Waals surface area contributed by atoms with E-state index in [4.69, 9.17) is 5.11 Å². The fourth-order valence-electron chi connectivity index (χ4n) is 1.09. The van der Waals surface area contributed by atoms with Crippen LogP contribution in [0, 0.1) is 0 Å². The molecular weight excluding hydrogens is 392 g/mol. The Hall–Kier alpha value is 0.600. The second kappa shape index (κ2) is 6.97. The monoisotopic (exact) mass is 404 g/mol. The van der Waals surface area contributed by atoms with Gasteiger partial charge in [-0.05, 0) is 0 Å². The van der Waals surface area contributed by atoms with E-state index in [2.05, 4.69) is 34.3 Å². The van der Waals surface area contributed by atoms with Crippen molar-refractivity contribution in [3.63, 3.8) is 0 Å². The first-order valence-corrected chi connectivity index (χ1v) is 11.4. The summed E-state index contributed by atoms with van der Waals surface area (Å²) in [6.07, 6.45) is 0.917. The summed E-state index contributed by atoms with van der Waals surface area (Å²) in [7, 11) is 0. The molecule has 1 rings (SSSR count). The Morgan fingerprint density at radius 2 is 2.08 bits per heavy atom. The predicted molar refractivity (Wildman–Crippen MR) is 58.2 cm³/mol. The van der Waals surface area contributed by atoms with Crippen molar-refractivity contribution in [2.75, 3.05) is 6.61 Å². The minimum atomic E-state index is 0.0225. The summed E-state index contributed by atoms with van der Waals surface area (Å²) in [6.45, 7) is 0.220. The van der Waals surface area contributed by atoms with Crippen LogP contribution in [0.25, 0.3) is 0 Å². The number of halogens is 2. The molecule has 0 spiro atoms. The molecule has 0 heterocycles. The second-order valence-corrected chi connectivity index (χ2v) is 6.52. The fourth-order valence-corrected chi connectivity index (χ4v) is 4.08. The van der Waals surface area contributed by atoms with Gasteiger partial charge in [0.2, 0.25) is 0 Å². The van der Waals surface area contributed by atoms with Crippen LogP contribution in [-0.2, 0) is 6.42 Å². The van der Waals surface area contributed by atoms with Gasteiger partial charge < -0.3 is 0 Å². The SMILES string of the molecule is OC[C@H](Cc1ccccc1)N[I-]I. The van der Waals surface area contributed by atoms with Gasteiger partial charge in [-0.25, -0.2) is 0 Å². The van der Waals surface area contributed by atoms with Crippen molar-refractivity contribution in [3.05, 3.63) is 35.9 Å². The van der Waals surface area contributed by atoms with E-state index < -0.39 is 0 Å². The van der Waals surface area contributed by atoms with Crippen molar-refractivity contribution in [1.29, 1.82) is 0 Å². The van der Waals surface area contributed by atoms with Crippen LogP contribution in [0.3, 0.4) is 0 Å². The topological polar surface area (TPSA) is 32.3 Å². The Balaban J connectivity index is 2.46. The zero-order chi connectivity index (χ0) is 9.52. The van der Waals surface area contributed by atoms with Crippen LogP contribution in [0.2, 0.25) is 0 Å². The maximum atomic E-state index is 9.07. The number of aliphatic hydroxyl groups is 1. The molecule has 0 bridgehead atoms. The van der Waals surface area contributed by atoms with Crippen LogP contribution in [-0.4, -0.2) is 17.8 Å². The van der Waals surface area contributed by atoms with Gasteiger partial charge in [-0.1, -0.05) is 0 Å². The first-order chi connectivity index (χ1) is 6.36. The molecule has 1 aromatic carbocycles. The summed E-state index contributed by atoms with van der Waals surface area (Å²) >= 11 is 2.38. The first-order valence-electron chi connectivity index (χ1n) is 4.02. The van der Waals surface area contributed by atoms with Crippen molar-refractivity contribution in [2.24, 2.45) is 0 Å². The van der Waals surface area contributed by atoms with E-state index in [1.165, 1.54) is 5.56 Å². The van der Waals surface area contributed by atoms with Crippen LogP contribution < -0.4 is 21.0 Å². The minimum absolute atomic E-state index is 0.0225. The molecule has 0 fully saturated rings. The third-order valence-corrected chi connectivity index (χ3v) is 4.44. The summed E-state index contributed by atoms with van der Waals surface area (Å²) in [5.41, 5.74) is 1.28. The number of hydrogen-bond donors (Lipinski definition) is 2. The average molecular weight is 404 g/mol. The number of nitrogens with one attached hydrogen (secondary N) is 1. The molecule has 0 saturated heterocycles. The molecule has 13 heavy (non-hydrogen) atoms. The summed E-state index contributed by atoms with van der Waals surface area (Å²) < 4.78 is 3.33. The predicted octanol–water partition coefficient (Wildman–Crippen LogP) is -1.47. The van der Waals surface area contributed by atoms with Crippen LogP contribution in [0.4, 0.5) is 0 Å². The van der Waals surface area contributed by atoms with Gasteiger partial charge >= 0.3 is 99.7 Å². The van der Waals surface area contributed by atoms with Crippen molar-refractivity contribution in [2.45, 2.75) is 12.5 Å². The Morgan fingerprint density at radius 3 is 2.62 bits per heavy atom. The van der Waals surface area contributed by atoms with Gasteiger partial charge in [-0.15, -0.1) is 0 Å². The van der Waals surface area contributed by atoms with Gasteiger partial charge in [0.15, 0.2) is 0 Å². The normalized spacial score (nSPS) is 13.1. The van der Waals surface area contributed by atoms with E-state index in [0.29, 0.717) is 0 Å². The van der Waals surface area contributed by atoms with Gasteiger partial charge in [-0.2, -0.15) is 0 Å². The Bertz CT molecular complexity index is 230. The van der Waals surface area contributed by atoms with Gasteiger partial charge in [0.05, 0.1) is 0 Å². The third kappa shape index (κ3) is 4.57. The quantitative estimate of drug-likeness (QED) is 0.465. The number of hydrogen-bond acceptors (Lipinski definition) is 2. The summed E-state index contributed by atoms with van der Waals surface area (Å²) in [6, 6.07) is 10.5. The standard InChI is InChI=1S/C9H12I2NO/c10-11-12-9(7-13)6-8-4-2-1-3-5-8/h1-5,9,12-13H,6-7H2/q-1/t9-/m0/s1. The molecule has 0 aliphatic rings. The summed E-state index contributed by atoms with van der Waals surface area (Å²) in [5.74, 6) is 0. The number of benzene rings is 1. The van der Waals surface area contributed by atoms with Gasteiger partial charge in [-0.3, -0.25) is 0 Å². The molecule has 0 aliphatic heterocycles. The summed E-state index contributed by atoms with van der Waals surface area (Å²) in [4.78, 5) is 0. The maximum absolute atomic E-state index is 9.07. The molecular formula is C9H12I2NO-. The first kappa shape index (κ1) is 11.7. The molecule has 0 radical (unpaired) electrons. The molecule has 0 unspecified atom stereocenters. The van der Waals surface area contributed by atoms with Crippen LogP contribution in [0.15, 0.2) is 30.3 Å². The van der Waals surface area contributed by atoms with Gasteiger partial charge in [0, 0.05) is 0 Å². The zero-order valence-corrected chi connectivity index (χ0v) is 11.4. The van der Waals surface area contributed by atoms with E-state index in [0.717, 1.165) is 6.42 Å². The Kier molecular flexibility index (Phi) is 6.26. The molecule has 74 valence electrons. The van der Waals surface area contributed by atoms with Crippen LogP contribution >= 0.6 is 18.6 Å². The molecule has 0 aromatic heterocycles. The Morgan fingerprint density at radius 1 is 1.38 bits per heavy atom. The third-order valence-electron chi connectivity index (χ3n) is 1.74. The molecule has 4 heteroatoms. The van der Waals surface area contributed by atoms with E-state index in [9.17, 15) is 0 Å². The molecule has 1 atom stereocenters. The number of aliphatic hydroxyl groups excluding tert-OH is 1. The molecule has 2 N–H and O–H groups in total. The molecule has 0 amide bonds. The summed E-state index contributed by atoms with van der Waals surface area (Å²) in [5, 5.41) is 9.07. The fraction of sp³-hybridized carbons (Fsp3) is 0.333. The average Bonchev–Trinajstić information content (AvgIpc) is 2.19. The second-order valence-electron chi connectivity index (χ2n) is 2.75. The molecule has 0 aliphatic carbocycles. The molecule has 2 nitrogen and oxygen atoms in total. The van der Waals surface area contributed by atoms with Gasteiger partial charge in [0.1, 0.15) is 0 Å². The van der Waals surface area contributed by atoms with Crippen LogP contribution in [0.5, 0.6) is 0 Å². The van der Waals surface area contributed by atoms with Crippen molar-refractivity contribution < 1.29 is 22.6 Å². The van der Waals surface area contributed by atoms with Crippen LogP contribution in [0.1, 0.15) is 5.56 Å². The van der Waals surface area contributed by atoms with Gasteiger partial charge in [0.25, 0.3) is 0 Å². The molecule has 1 aromatic rings. The van der Waals surface area contributed by atoms with Crippen molar-refractivity contribution in [1.82, 2.24) is 3.53 Å². The van der Waals surface area contributed by atoms with E-state index in [-0.39, 0.29) is 30.2 Å². The van der Waals surface area contributed by atoms with E-state index in [1.54, 1.807) is 0 Å². The zero-order valence-electron chi connectivity index (χ0n) is 7.08. The molecule has 0 saturated carbocycles. The van der Waals surface area contributed by atoms with Crippen molar-refractivity contribution in [3.8, 4) is 0 Å². The number of rotatable bonds is 5. The van der Waals surface area contributed by atoms with Crippen molar-refractivity contribution >= 4 is 18.6 Å². The Labute approximate surface area is 98.9 Å². The van der Waals surface area contributed by atoms with E-state index >= 15 is 0 Å².